The fraction of sp³-hybridized carbons (Fsp3) is 0.364. The van der Waals surface area contributed by atoms with E-state index < -0.39 is 0 Å². The maximum atomic E-state index is 12.3. The largest absolute Gasteiger partial charge is 0.490 e. The predicted molar refractivity (Wildman–Crippen MR) is 115 cm³/mol. The summed E-state index contributed by atoms with van der Waals surface area (Å²) in [5, 5.41) is 5.66. The SMILES string of the molecule is CCOc1ccc(NC(=O)CN(C)CC(=O)Nc2cccc(C)c2)cc1OCC. The van der Waals surface area contributed by atoms with Crippen LogP contribution in [0.15, 0.2) is 42.5 Å². The smallest absolute Gasteiger partial charge is 0.238 e. The number of anilines is 2. The molecule has 0 aliphatic heterocycles. The minimum Gasteiger partial charge on any atom is -0.490 e. The van der Waals surface area contributed by atoms with Crippen molar-refractivity contribution in [2.45, 2.75) is 20.8 Å². The van der Waals surface area contributed by atoms with Gasteiger partial charge in [0.2, 0.25) is 11.8 Å². The van der Waals surface area contributed by atoms with Crippen LogP contribution in [-0.4, -0.2) is 50.1 Å². The number of carbonyl (C=O) groups excluding carboxylic acids is 2. The number of carbonyl (C=O) groups is 2. The molecule has 156 valence electrons. The van der Waals surface area contributed by atoms with Crippen molar-refractivity contribution in [2.75, 3.05) is 44.0 Å². The highest BCUT2D eigenvalue weighted by Crippen LogP contribution is 2.30. The molecule has 0 aliphatic carbocycles. The number of hydrogen-bond donors (Lipinski definition) is 2. The first kappa shape index (κ1) is 22.2. The van der Waals surface area contributed by atoms with Crippen LogP contribution in [0.25, 0.3) is 0 Å². The molecule has 2 aromatic carbocycles. The summed E-state index contributed by atoms with van der Waals surface area (Å²) in [6, 6.07) is 12.8. The minimum absolute atomic E-state index is 0.0818. The molecule has 0 saturated carbocycles. The molecule has 2 amide bonds. The van der Waals surface area contributed by atoms with Gasteiger partial charge in [-0.3, -0.25) is 14.5 Å². The zero-order valence-electron chi connectivity index (χ0n) is 17.5. The van der Waals surface area contributed by atoms with E-state index in [1.54, 1.807) is 30.1 Å². The van der Waals surface area contributed by atoms with Gasteiger partial charge >= 0.3 is 0 Å². The number of aryl methyl sites for hydroxylation is 1. The van der Waals surface area contributed by atoms with Crippen molar-refractivity contribution in [3.8, 4) is 11.5 Å². The van der Waals surface area contributed by atoms with E-state index in [4.69, 9.17) is 9.47 Å². The highest BCUT2D eigenvalue weighted by molar-refractivity contribution is 5.94. The third-order valence-corrected chi connectivity index (χ3v) is 3.96. The van der Waals surface area contributed by atoms with Crippen LogP contribution in [-0.2, 0) is 9.59 Å². The lowest BCUT2D eigenvalue weighted by atomic mass is 10.2. The average Bonchev–Trinajstić information content (AvgIpc) is 2.63. The number of hydrogen-bond acceptors (Lipinski definition) is 5. The molecule has 0 heterocycles. The first-order valence-electron chi connectivity index (χ1n) is 9.65. The molecule has 0 radical (unpaired) electrons. The van der Waals surface area contributed by atoms with E-state index in [1.165, 1.54) is 0 Å². The van der Waals surface area contributed by atoms with Gasteiger partial charge in [0.05, 0.1) is 26.3 Å². The van der Waals surface area contributed by atoms with Gasteiger partial charge < -0.3 is 20.1 Å². The predicted octanol–water partition coefficient (Wildman–Crippen LogP) is 3.30. The van der Waals surface area contributed by atoms with Crippen molar-refractivity contribution in [1.82, 2.24) is 4.90 Å². The number of ether oxygens (including phenoxy) is 2. The van der Waals surface area contributed by atoms with E-state index in [2.05, 4.69) is 10.6 Å². The standard InChI is InChI=1S/C22H29N3O4/c1-5-28-19-11-10-18(13-20(19)29-6-2)24-22(27)15-25(4)14-21(26)23-17-9-7-8-16(3)12-17/h7-13H,5-6,14-15H2,1-4H3,(H,23,26)(H,24,27). The number of nitrogens with zero attached hydrogens (tertiary/aromatic N) is 1. The van der Waals surface area contributed by atoms with Gasteiger partial charge in [-0.05, 0) is 57.6 Å². The second kappa shape index (κ2) is 11.1. The molecule has 29 heavy (non-hydrogen) atoms. The third-order valence-electron chi connectivity index (χ3n) is 3.96. The zero-order chi connectivity index (χ0) is 21.2. The Morgan fingerprint density at radius 1 is 0.862 bits per heavy atom. The van der Waals surface area contributed by atoms with Gasteiger partial charge in [0.1, 0.15) is 0 Å². The summed E-state index contributed by atoms with van der Waals surface area (Å²) in [5.41, 5.74) is 2.42. The molecule has 0 aromatic heterocycles. The van der Waals surface area contributed by atoms with Gasteiger partial charge in [-0.25, -0.2) is 0 Å². The first-order chi connectivity index (χ1) is 13.9. The van der Waals surface area contributed by atoms with Crippen molar-refractivity contribution >= 4 is 23.2 Å². The van der Waals surface area contributed by atoms with Crippen LogP contribution in [0.4, 0.5) is 11.4 Å². The summed E-state index contributed by atoms with van der Waals surface area (Å²) in [4.78, 5) is 26.2. The molecule has 0 saturated heterocycles. The van der Waals surface area contributed by atoms with Gasteiger partial charge in [-0.2, -0.15) is 0 Å². The third kappa shape index (κ3) is 7.46. The van der Waals surface area contributed by atoms with E-state index in [0.29, 0.717) is 30.4 Å². The molecule has 0 unspecified atom stereocenters. The number of likely N-dealkylation sites (N-methyl/N-ethyl adjacent to an activating group) is 1. The lowest BCUT2D eigenvalue weighted by molar-refractivity contribution is -0.119. The quantitative estimate of drug-likeness (QED) is 0.641. The van der Waals surface area contributed by atoms with E-state index in [1.807, 2.05) is 45.0 Å². The van der Waals surface area contributed by atoms with Crippen LogP contribution in [0, 0.1) is 6.92 Å². The van der Waals surface area contributed by atoms with Crippen molar-refractivity contribution < 1.29 is 19.1 Å². The van der Waals surface area contributed by atoms with E-state index >= 15 is 0 Å². The molecule has 2 rings (SSSR count). The van der Waals surface area contributed by atoms with Crippen molar-refractivity contribution in [3.63, 3.8) is 0 Å². The summed E-state index contributed by atoms with van der Waals surface area (Å²) in [6.07, 6.45) is 0. The maximum Gasteiger partial charge on any atom is 0.238 e. The second-order valence-corrected chi connectivity index (χ2v) is 6.67. The van der Waals surface area contributed by atoms with Crippen molar-refractivity contribution in [3.05, 3.63) is 48.0 Å². The summed E-state index contributed by atoms with van der Waals surface area (Å²) < 4.78 is 11.1. The van der Waals surface area contributed by atoms with Gasteiger partial charge in [-0.15, -0.1) is 0 Å². The van der Waals surface area contributed by atoms with Gasteiger partial charge in [0.15, 0.2) is 11.5 Å². The summed E-state index contributed by atoms with van der Waals surface area (Å²) in [5.74, 6) is 0.823. The van der Waals surface area contributed by atoms with Crippen LogP contribution >= 0.6 is 0 Å². The Kier molecular flexibility index (Phi) is 8.48. The van der Waals surface area contributed by atoms with Crippen LogP contribution in [0.5, 0.6) is 11.5 Å². The lowest BCUT2D eigenvalue weighted by Gasteiger charge is -2.17. The molecule has 7 heteroatoms. The maximum absolute atomic E-state index is 12.3. The highest BCUT2D eigenvalue weighted by Gasteiger charge is 2.13. The van der Waals surface area contributed by atoms with Crippen LogP contribution in [0.3, 0.4) is 0 Å². The Hall–Kier alpha value is -3.06. The van der Waals surface area contributed by atoms with Gasteiger partial charge in [0.25, 0.3) is 0 Å². The van der Waals surface area contributed by atoms with Gasteiger partial charge in [0, 0.05) is 17.4 Å². The fourth-order valence-electron chi connectivity index (χ4n) is 2.80. The topological polar surface area (TPSA) is 79.9 Å². The molecule has 0 bridgehead atoms. The fourth-order valence-corrected chi connectivity index (χ4v) is 2.80. The van der Waals surface area contributed by atoms with Gasteiger partial charge in [-0.1, -0.05) is 12.1 Å². The number of rotatable bonds is 10. The Bertz CT molecular complexity index is 839. The number of benzene rings is 2. The van der Waals surface area contributed by atoms with E-state index in [0.717, 1.165) is 11.3 Å². The minimum atomic E-state index is -0.220. The normalized spacial score (nSPS) is 10.5. The summed E-state index contributed by atoms with van der Waals surface area (Å²) in [6.45, 7) is 6.96. The molecule has 2 aromatic rings. The Morgan fingerprint density at radius 3 is 2.03 bits per heavy atom. The molecule has 2 N–H and O–H groups in total. The van der Waals surface area contributed by atoms with Crippen LogP contribution < -0.4 is 20.1 Å². The zero-order valence-corrected chi connectivity index (χ0v) is 17.5. The molecule has 0 atom stereocenters. The van der Waals surface area contributed by atoms with E-state index in [9.17, 15) is 9.59 Å². The summed E-state index contributed by atoms with van der Waals surface area (Å²) in [7, 11) is 1.72. The van der Waals surface area contributed by atoms with Crippen molar-refractivity contribution in [1.29, 1.82) is 0 Å². The summed E-state index contributed by atoms with van der Waals surface area (Å²) >= 11 is 0. The van der Waals surface area contributed by atoms with Crippen molar-refractivity contribution in [2.24, 2.45) is 0 Å². The highest BCUT2D eigenvalue weighted by atomic mass is 16.5. The lowest BCUT2D eigenvalue weighted by Crippen LogP contribution is -2.36. The Labute approximate surface area is 172 Å². The van der Waals surface area contributed by atoms with Crippen LogP contribution in [0.2, 0.25) is 0 Å². The van der Waals surface area contributed by atoms with E-state index in [-0.39, 0.29) is 24.9 Å². The number of nitrogens with one attached hydrogen (secondary N) is 2. The molecule has 0 spiro atoms. The Morgan fingerprint density at radius 2 is 1.45 bits per heavy atom. The molecular formula is C22H29N3O4. The first-order valence-corrected chi connectivity index (χ1v) is 9.65. The van der Waals surface area contributed by atoms with Crippen LogP contribution in [0.1, 0.15) is 19.4 Å². The monoisotopic (exact) mass is 399 g/mol. The average molecular weight is 399 g/mol. The second-order valence-electron chi connectivity index (χ2n) is 6.67. The Balaban J connectivity index is 1.87. The molecule has 7 nitrogen and oxygen atoms in total. The molecule has 0 fully saturated rings. The number of amides is 2. The molecular weight excluding hydrogens is 370 g/mol. The molecule has 0 aliphatic rings.